The second kappa shape index (κ2) is 4.18. The molecule has 1 aromatic carbocycles. The first-order chi connectivity index (χ1) is 7.29. The van der Waals surface area contributed by atoms with Gasteiger partial charge in [0.1, 0.15) is 0 Å². The number of nitrogens with zero attached hydrogens (tertiary/aromatic N) is 1. The summed E-state index contributed by atoms with van der Waals surface area (Å²) in [5.74, 6) is 0. The van der Waals surface area contributed by atoms with Gasteiger partial charge in [-0.05, 0) is 32.5 Å². The maximum absolute atomic E-state index is 11.6. The summed E-state index contributed by atoms with van der Waals surface area (Å²) in [4.78, 5) is 10.0. The Hall–Kier alpha value is -1.47. The molecule has 0 fully saturated rings. The zero-order valence-corrected chi connectivity index (χ0v) is 9.96. The minimum atomic E-state index is -3.66. The highest BCUT2D eigenvalue weighted by Crippen LogP contribution is 2.25. The van der Waals surface area contributed by atoms with E-state index in [0.29, 0.717) is 11.1 Å². The van der Waals surface area contributed by atoms with Gasteiger partial charge < -0.3 is 0 Å². The molecule has 0 aliphatic heterocycles. The van der Waals surface area contributed by atoms with Crippen molar-refractivity contribution in [2.75, 3.05) is 7.05 Å². The molecule has 7 heteroatoms. The molecule has 0 amide bonds. The van der Waals surface area contributed by atoms with Gasteiger partial charge in [-0.2, -0.15) is 0 Å². The number of nitro benzene ring substituents is 1. The molecular weight excluding hydrogens is 232 g/mol. The minimum absolute atomic E-state index is 0.0627. The van der Waals surface area contributed by atoms with Gasteiger partial charge in [0.05, 0.1) is 9.82 Å². The second-order valence-corrected chi connectivity index (χ2v) is 5.22. The van der Waals surface area contributed by atoms with Crippen LogP contribution >= 0.6 is 0 Å². The Morgan fingerprint density at radius 2 is 1.81 bits per heavy atom. The van der Waals surface area contributed by atoms with Crippen molar-refractivity contribution >= 4 is 15.7 Å². The summed E-state index contributed by atoms with van der Waals surface area (Å²) in [5.41, 5.74) is 0.731. The Labute approximate surface area is 93.5 Å². The van der Waals surface area contributed by atoms with Crippen molar-refractivity contribution in [1.29, 1.82) is 0 Å². The van der Waals surface area contributed by atoms with Crippen molar-refractivity contribution < 1.29 is 13.3 Å². The molecular formula is C9H12N2O4S. The van der Waals surface area contributed by atoms with Crippen LogP contribution in [0.25, 0.3) is 0 Å². The van der Waals surface area contributed by atoms with Crippen molar-refractivity contribution in [3.63, 3.8) is 0 Å². The average molecular weight is 244 g/mol. The van der Waals surface area contributed by atoms with Crippen LogP contribution < -0.4 is 4.72 Å². The Bertz CT molecular complexity index is 537. The summed E-state index contributed by atoms with van der Waals surface area (Å²) in [6.45, 7) is 3.17. The Kier molecular flexibility index (Phi) is 3.30. The molecule has 0 bridgehead atoms. The van der Waals surface area contributed by atoms with E-state index in [9.17, 15) is 18.5 Å². The molecule has 0 saturated heterocycles. The van der Waals surface area contributed by atoms with E-state index in [1.807, 2.05) is 0 Å². The lowest BCUT2D eigenvalue weighted by Gasteiger charge is -2.07. The van der Waals surface area contributed by atoms with Crippen LogP contribution in [-0.2, 0) is 10.0 Å². The van der Waals surface area contributed by atoms with Crippen LogP contribution in [0.15, 0.2) is 17.0 Å². The number of nitro groups is 1. The van der Waals surface area contributed by atoms with Crippen LogP contribution in [0.1, 0.15) is 11.1 Å². The summed E-state index contributed by atoms with van der Waals surface area (Å²) in [6, 6.07) is 2.57. The number of rotatable bonds is 3. The van der Waals surface area contributed by atoms with Crippen LogP contribution in [0.3, 0.4) is 0 Å². The van der Waals surface area contributed by atoms with Crippen LogP contribution in [-0.4, -0.2) is 20.4 Å². The number of hydrogen-bond donors (Lipinski definition) is 1. The van der Waals surface area contributed by atoms with E-state index >= 15 is 0 Å². The third-order valence-electron chi connectivity index (χ3n) is 2.25. The van der Waals surface area contributed by atoms with Crippen LogP contribution in [0.4, 0.5) is 5.69 Å². The van der Waals surface area contributed by atoms with Gasteiger partial charge in [0.25, 0.3) is 5.69 Å². The lowest BCUT2D eigenvalue weighted by molar-refractivity contribution is -0.385. The van der Waals surface area contributed by atoms with Crippen molar-refractivity contribution in [3.05, 3.63) is 33.4 Å². The van der Waals surface area contributed by atoms with Gasteiger partial charge in [0, 0.05) is 11.6 Å². The molecule has 0 spiro atoms. The first-order valence-electron chi connectivity index (χ1n) is 4.49. The fourth-order valence-corrected chi connectivity index (χ4v) is 2.39. The molecule has 16 heavy (non-hydrogen) atoms. The van der Waals surface area contributed by atoms with Gasteiger partial charge in [-0.3, -0.25) is 10.1 Å². The first-order valence-corrected chi connectivity index (χ1v) is 5.97. The van der Waals surface area contributed by atoms with Gasteiger partial charge >= 0.3 is 0 Å². The minimum Gasteiger partial charge on any atom is -0.258 e. The van der Waals surface area contributed by atoms with Crippen LogP contribution in [0.2, 0.25) is 0 Å². The maximum Gasteiger partial charge on any atom is 0.273 e. The highest BCUT2D eigenvalue weighted by Gasteiger charge is 2.21. The third-order valence-corrected chi connectivity index (χ3v) is 3.80. The molecule has 0 saturated carbocycles. The van der Waals surface area contributed by atoms with Gasteiger partial charge in [-0.15, -0.1) is 0 Å². The molecule has 88 valence electrons. The molecule has 1 rings (SSSR count). The first kappa shape index (κ1) is 12.6. The highest BCUT2D eigenvalue weighted by atomic mass is 32.2. The molecule has 6 nitrogen and oxygen atoms in total. The summed E-state index contributed by atoms with van der Waals surface area (Å²) in [7, 11) is -2.39. The van der Waals surface area contributed by atoms with E-state index in [-0.39, 0.29) is 10.6 Å². The number of aryl methyl sites for hydroxylation is 2. The molecule has 0 radical (unpaired) electrons. The lowest BCUT2D eigenvalue weighted by Crippen LogP contribution is -2.19. The van der Waals surface area contributed by atoms with E-state index in [0.717, 1.165) is 6.07 Å². The molecule has 1 aromatic rings. The smallest absolute Gasteiger partial charge is 0.258 e. The molecule has 0 aromatic heterocycles. The maximum atomic E-state index is 11.6. The number of hydrogen-bond acceptors (Lipinski definition) is 4. The van der Waals surface area contributed by atoms with Gasteiger partial charge in [0.2, 0.25) is 10.0 Å². The van der Waals surface area contributed by atoms with Gasteiger partial charge in [0.15, 0.2) is 0 Å². The zero-order chi connectivity index (χ0) is 12.5. The Balaban J connectivity index is 3.55. The van der Waals surface area contributed by atoms with Crippen LogP contribution in [0.5, 0.6) is 0 Å². The van der Waals surface area contributed by atoms with Crippen molar-refractivity contribution in [1.82, 2.24) is 4.72 Å². The molecule has 1 N–H and O–H groups in total. The van der Waals surface area contributed by atoms with Crippen molar-refractivity contribution in [2.24, 2.45) is 0 Å². The molecule has 0 heterocycles. The predicted molar refractivity (Wildman–Crippen MR) is 58.8 cm³/mol. The number of nitrogens with one attached hydrogen (secondary N) is 1. The molecule has 0 aliphatic carbocycles. The largest absolute Gasteiger partial charge is 0.273 e. The third kappa shape index (κ3) is 2.20. The fourth-order valence-electron chi connectivity index (χ4n) is 1.42. The molecule has 0 aliphatic rings. The summed E-state index contributed by atoms with van der Waals surface area (Å²) >= 11 is 0. The Morgan fingerprint density at radius 3 is 2.25 bits per heavy atom. The number of benzene rings is 1. The lowest BCUT2D eigenvalue weighted by atomic mass is 10.1. The monoisotopic (exact) mass is 244 g/mol. The summed E-state index contributed by atoms with van der Waals surface area (Å²) < 4.78 is 25.3. The topological polar surface area (TPSA) is 89.3 Å². The van der Waals surface area contributed by atoms with Crippen LogP contribution in [0, 0.1) is 24.0 Å². The predicted octanol–water partition coefficient (Wildman–Crippen LogP) is 1.12. The van der Waals surface area contributed by atoms with E-state index in [1.165, 1.54) is 13.1 Å². The SMILES string of the molecule is CNS(=O)(=O)c1cc([N+](=O)[O-])c(C)cc1C. The van der Waals surface area contributed by atoms with Gasteiger partial charge in [-0.25, -0.2) is 13.1 Å². The van der Waals surface area contributed by atoms with E-state index in [4.69, 9.17) is 0 Å². The average Bonchev–Trinajstić information content (AvgIpc) is 2.16. The van der Waals surface area contributed by atoms with Crippen molar-refractivity contribution in [2.45, 2.75) is 18.7 Å². The normalized spacial score (nSPS) is 11.4. The molecule has 0 unspecified atom stereocenters. The number of sulfonamides is 1. The van der Waals surface area contributed by atoms with Crippen molar-refractivity contribution in [3.8, 4) is 0 Å². The van der Waals surface area contributed by atoms with E-state index < -0.39 is 14.9 Å². The van der Waals surface area contributed by atoms with E-state index in [1.54, 1.807) is 13.8 Å². The van der Waals surface area contributed by atoms with E-state index in [2.05, 4.69) is 4.72 Å². The quantitative estimate of drug-likeness (QED) is 0.637. The fraction of sp³-hybridized carbons (Fsp3) is 0.333. The molecule has 0 atom stereocenters. The summed E-state index contributed by atoms with van der Waals surface area (Å²) in [5, 5.41) is 10.7. The standard InChI is InChI=1S/C9H12N2O4S/c1-6-4-7(2)9(16(14,15)10-3)5-8(6)11(12)13/h4-5,10H,1-3H3. The highest BCUT2D eigenvalue weighted by molar-refractivity contribution is 7.89. The Morgan fingerprint density at radius 1 is 1.25 bits per heavy atom. The zero-order valence-electron chi connectivity index (χ0n) is 9.14. The van der Waals surface area contributed by atoms with Gasteiger partial charge in [-0.1, -0.05) is 0 Å². The summed E-state index contributed by atoms with van der Waals surface area (Å²) in [6.07, 6.45) is 0. The second-order valence-electron chi connectivity index (χ2n) is 3.37.